The first-order valence-electron chi connectivity index (χ1n) is 10.2. The quantitative estimate of drug-likeness (QED) is 0.127. The summed E-state index contributed by atoms with van der Waals surface area (Å²) < 4.78 is 78.8. The molecule has 0 aliphatic rings. The van der Waals surface area contributed by atoms with Crippen LogP contribution in [-0.4, -0.2) is 92.6 Å². The molecule has 0 bridgehead atoms. The second-order valence-electron chi connectivity index (χ2n) is 7.87. The van der Waals surface area contributed by atoms with E-state index in [2.05, 4.69) is 11.5 Å². The van der Waals surface area contributed by atoms with E-state index in [1.165, 1.54) is 48.5 Å². The molecule has 0 aliphatic heterocycles. The third-order valence-corrected chi connectivity index (χ3v) is 6.92. The number of hydrogen-bond acceptors (Lipinski definition) is 12. The lowest BCUT2D eigenvalue weighted by atomic mass is 10.0. The number of benzene rings is 2. The van der Waals surface area contributed by atoms with Gasteiger partial charge in [-0.15, -0.1) is 0 Å². The first kappa shape index (κ1) is 35.0. The minimum atomic E-state index is -5.17. The molecule has 17 heteroatoms. The van der Waals surface area contributed by atoms with Gasteiger partial charge in [0.2, 0.25) is 0 Å². The van der Waals surface area contributed by atoms with E-state index in [-0.39, 0.29) is 23.0 Å². The molecule has 0 aliphatic carbocycles. The minimum absolute atomic E-state index is 0.202. The number of quaternary nitrogens is 2. The van der Waals surface area contributed by atoms with Crippen LogP contribution in [0.3, 0.4) is 0 Å². The van der Waals surface area contributed by atoms with E-state index in [1.807, 2.05) is 0 Å². The van der Waals surface area contributed by atoms with Crippen LogP contribution < -0.4 is 11.5 Å². The molecule has 212 valence electrons. The summed E-state index contributed by atoms with van der Waals surface area (Å²) in [5.74, 6) is 0. The van der Waals surface area contributed by atoms with E-state index in [4.69, 9.17) is 27.7 Å². The number of hydrogen-bond donors (Lipinski definition) is 6. The van der Waals surface area contributed by atoms with E-state index in [0.717, 1.165) is 12.5 Å². The lowest BCUT2D eigenvalue weighted by molar-refractivity contribution is -0.444. The van der Waals surface area contributed by atoms with Gasteiger partial charge >= 0.3 is 0 Å². The van der Waals surface area contributed by atoms with Crippen molar-refractivity contribution in [2.75, 3.05) is 25.7 Å². The second-order valence-corrected chi connectivity index (χ2v) is 12.7. The van der Waals surface area contributed by atoms with Gasteiger partial charge in [0.05, 0.1) is 23.0 Å². The molecule has 0 radical (unpaired) electrons. The molecule has 2 aromatic carbocycles. The summed E-state index contributed by atoms with van der Waals surface area (Å²) in [7, 11) is -11.6. The first-order chi connectivity index (χ1) is 16.7. The maximum Gasteiger partial charge on any atom is 0.175 e. The van der Waals surface area contributed by atoms with Gasteiger partial charge in [0.1, 0.15) is 24.3 Å². The van der Waals surface area contributed by atoms with E-state index in [0.29, 0.717) is 11.1 Å². The highest BCUT2D eigenvalue weighted by atomic mass is 32.3. The topological polar surface area (TPSA) is 285 Å². The van der Waals surface area contributed by atoms with Crippen molar-refractivity contribution in [3.8, 4) is 0 Å². The Kier molecular flexibility index (Phi) is 14.0. The van der Waals surface area contributed by atoms with Gasteiger partial charge in [-0.3, -0.25) is 8.42 Å². The van der Waals surface area contributed by atoms with Gasteiger partial charge < -0.3 is 41.0 Å². The first-order valence-corrected chi connectivity index (χ1v) is 15.3. The summed E-state index contributed by atoms with van der Waals surface area (Å²) in [6.07, 6.45) is 0.462. The molecule has 0 spiro atoms. The van der Waals surface area contributed by atoms with Crippen LogP contribution in [0.2, 0.25) is 0 Å². The Balaban J connectivity index is 0.000000594. The summed E-state index contributed by atoms with van der Waals surface area (Å²) in [5, 5.41) is 37.1. The molecular weight excluding hydrogens is 556 g/mol. The van der Waals surface area contributed by atoms with Crippen molar-refractivity contribution >= 4 is 30.1 Å². The van der Waals surface area contributed by atoms with Gasteiger partial charge in [-0.05, 0) is 35.4 Å². The van der Waals surface area contributed by atoms with Crippen LogP contribution >= 0.6 is 0 Å². The smallest absolute Gasteiger partial charge is 0.175 e. The molecule has 0 heterocycles. The Morgan fingerprint density at radius 3 is 1.03 bits per heavy atom. The van der Waals surface area contributed by atoms with Gasteiger partial charge in [0, 0.05) is 22.9 Å². The van der Waals surface area contributed by atoms with E-state index in [1.54, 1.807) is 0 Å². The van der Waals surface area contributed by atoms with Crippen molar-refractivity contribution in [3.63, 3.8) is 0 Å². The Labute approximate surface area is 215 Å². The Morgan fingerprint density at radius 2 is 0.865 bits per heavy atom. The maximum absolute atomic E-state index is 11.2. The van der Waals surface area contributed by atoms with E-state index >= 15 is 0 Å². The molecule has 2 aromatic rings. The maximum atomic E-state index is 11.2. The third-order valence-electron chi connectivity index (χ3n) is 4.66. The minimum Gasteiger partial charge on any atom is -0.759 e. The summed E-state index contributed by atoms with van der Waals surface area (Å²) in [5.41, 5.74) is 8.26. The molecule has 14 nitrogen and oxygen atoms in total. The number of aliphatic hydroxyl groups is 4. The number of sulfone groups is 2. The molecular formula is C20H32N2O12S3. The second kappa shape index (κ2) is 14.8. The lowest BCUT2D eigenvalue weighted by Gasteiger charge is -2.14. The third kappa shape index (κ3) is 13.9. The summed E-state index contributed by atoms with van der Waals surface area (Å²) in [6.45, 7) is -0.454. The Hall–Kier alpha value is -2.03. The molecule has 0 amide bonds. The molecule has 10 N–H and O–H groups in total. The lowest BCUT2D eigenvalue weighted by Crippen LogP contribution is -2.65. The van der Waals surface area contributed by atoms with Gasteiger partial charge in [-0.2, -0.15) is 0 Å². The van der Waals surface area contributed by atoms with Crippen LogP contribution in [-0.2, 0) is 30.1 Å². The number of aliphatic hydroxyl groups excluding tert-OH is 4. The molecule has 37 heavy (non-hydrogen) atoms. The highest BCUT2D eigenvalue weighted by Crippen LogP contribution is 2.18. The van der Waals surface area contributed by atoms with Crippen molar-refractivity contribution in [3.05, 3.63) is 59.7 Å². The van der Waals surface area contributed by atoms with Crippen LogP contribution in [0, 0.1) is 0 Å². The van der Waals surface area contributed by atoms with E-state index < -0.39 is 54.4 Å². The average Bonchev–Trinajstić information content (AvgIpc) is 2.80. The predicted molar refractivity (Wildman–Crippen MR) is 127 cm³/mol. The molecule has 2 unspecified atom stereocenters. The monoisotopic (exact) mass is 588 g/mol. The zero-order valence-corrected chi connectivity index (χ0v) is 22.5. The van der Waals surface area contributed by atoms with Gasteiger partial charge in [0.25, 0.3) is 0 Å². The standard InChI is InChI=1S/2C10H15NO4S.H2O4S/c2*1-16(14,15)8-4-2-7(3-5-8)10(13)9(11)6-12;1-5(2,3)4/h2*2-5,9-10,12-13H,6,11H2,1H3;(H2,1,2,3,4)/t2*9?,10-;/m00./s1. The van der Waals surface area contributed by atoms with Crippen molar-refractivity contribution < 1.29 is 66.3 Å². The van der Waals surface area contributed by atoms with Crippen LogP contribution in [0.25, 0.3) is 0 Å². The summed E-state index contributed by atoms with van der Waals surface area (Å²) in [6, 6.07) is 10.8. The van der Waals surface area contributed by atoms with Crippen LogP contribution in [0.15, 0.2) is 58.3 Å². The fraction of sp³-hybridized carbons (Fsp3) is 0.400. The number of rotatable bonds is 8. The molecule has 0 fully saturated rings. The van der Waals surface area contributed by atoms with Crippen molar-refractivity contribution in [2.24, 2.45) is 0 Å². The predicted octanol–water partition coefficient (Wildman–Crippen LogP) is -3.89. The van der Waals surface area contributed by atoms with Gasteiger partial charge in [-0.25, -0.2) is 16.8 Å². The summed E-state index contributed by atoms with van der Waals surface area (Å²) >= 11 is 0. The van der Waals surface area contributed by atoms with Gasteiger partial charge in [0.15, 0.2) is 19.7 Å². The summed E-state index contributed by atoms with van der Waals surface area (Å²) in [4.78, 5) is 0.404. The van der Waals surface area contributed by atoms with Crippen LogP contribution in [0.5, 0.6) is 0 Å². The fourth-order valence-corrected chi connectivity index (χ4v) is 3.83. The zero-order chi connectivity index (χ0) is 29.2. The molecule has 0 saturated carbocycles. The Morgan fingerprint density at radius 1 is 0.649 bits per heavy atom. The van der Waals surface area contributed by atoms with Crippen LogP contribution in [0.4, 0.5) is 0 Å². The largest absolute Gasteiger partial charge is 0.759 e. The molecule has 2 rings (SSSR count). The molecule has 4 atom stereocenters. The average molecular weight is 589 g/mol. The molecule has 0 aromatic heterocycles. The van der Waals surface area contributed by atoms with Crippen LogP contribution in [0.1, 0.15) is 23.3 Å². The van der Waals surface area contributed by atoms with E-state index in [9.17, 15) is 27.0 Å². The SMILES string of the molecule is CS(=O)(=O)c1ccc([C@H](O)C([NH3+])CO)cc1.CS(=O)(=O)c1ccc([C@H](O)C([NH3+])CO)cc1.O=S(=O)([O-])[O-]. The fourth-order valence-electron chi connectivity index (χ4n) is 2.57. The zero-order valence-electron chi connectivity index (χ0n) is 20.0. The normalized spacial score (nSPS) is 15.2. The highest BCUT2D eigenvalue weighted by molar-refractivity contribution is 7.91. The Bertz CT molecular complexity index is 1190. The highest BCUT2D eigenvalue weighted by Gasteiger charge is 2.20. The molecule has 0 saturated heterocycles. The van der Waals surface area contributed by atoms with Crippen molar-refractivity contribution in [1.29, 1.82) is 0 Å². The van der Waals surface area contributed by atoms with Gasteiger partial charge in [-0.1, -0.05) is 24.3 Å². The van der Waals surface area contributed by atoms with Crippen molar-refractivity contribution in [2.45, 2.75) is 34.1 Å². The van der Waals surface area contributed by atoms with Crippen molar-refractivity contribution in [1.82, 2.24) is 0 Å².